The number of hydrogen-bond donors (Lipinski definition) is 3. The van der Waals surface area contributed by atoms with Gasteiger partial charge in [-0.2, -0.15) is 5.10 Å². The molecule has 3 saturated carbocycles. The number of hydrazone groups is 1. The van der Waals surface area contributed by atoms with Gasteiger partial charge in [-0.15, -0.1) is 0 Å². The first-order valence-corrected chi connectivity index (χ1v) is 12.6. The Labute approximate surface area is 179 Å². The van der Waals surface area contributed by atoms with Crippen LogP contribution in [0.1, 0.15) is 59.3 Å². The van der Waals surface area contributed by atoms with Gasteiger partial charge in [-0.25, -0.2) is 13.2 Å². The Kier molecular flexibility index (Phi) is 4.79. The minimum Gasteiger partial charge on any atom is -0.411 e. The smallest absolute Gasteiger partial charge is 0.244 e. The predicted molar refractivity (Wildman–Crippen MR) is 117 cm³/mol. The number of hydrogen-bond acceptors (Lipinski definition) is 6. The van der Waals surface area contributed by atoms with E-state index in [1.807, 2.05) is 13.0 Å². The van der Waals surface area contributed by atoms with Crippen LogP contribution < -0.4 is 4.83 Å². The van der Waals surface area contributed by atoms with Crippen molar-refractivity contribution in [3.63, 3.8) is 0 Å². The normalized spacial score (nSPS) is 46.2. The van der Waals surface area contributed by atoms with E-state index < -0.39 is 15.6 Å². The molecule has 0 aliphatic heterocycles. The van der Waals surface area contributed by atoms with Crippen molar-refractivity contribution in [3.05, 3.63) is 23.8 Å². The van der Waals surface area contributed by atoms with E-state index in [0.29, 0.717) is 29.7 Å². The number of nitrogens with zero attached hydrogens (tertiary/aromatic N) is 2. The summed E-state index contributed by atoms with van der Waals surface area (Å²) < 4.78 is 22.9. The highest BCUT2D eigenvalue weighted by Crippen LogP contribution is 2.68. The largest absolute Gasteiger partial charge is 0.411 e. The van der Waals surface area contributed by atoms with Gasteiger partial charge in [0.1, 0.15) is 11.4 Å². The maximum absolute atomic E-state index is 11.5. The third-order valence-electron chi connectivity index (χ3n) is 8.73. The van der Waals surface area contributed by atoms with Crippen LogP contribution in [-0.2, 0) is 10.0 Å². The number of aliphatic hydroxyl groups is 1. The van der Waals surface area contributed by atoms with Crippen molar-refractivity contribution in [2.75, 3.05) is 6.26 Å². The summed E-state index contributed by atoms with van der Waals surface area (Å²) in [5.74, 6) is 1.11. The minimum atomic E-state index is -3.50. The summed E-state index contributed by atoms with van der Waals surface area (Å²) in [6.07, 6.45) is 7.96. The SMILES string of the molecule is C=C1C[C@@]2(C)[C@@H](CCC2(C)O)[C@@H]2CCC3=CC(=NNS(C)(=O)=O)C(=NO)C[C@]3(C)[C@H]12. The lowest BCUT2D eigenvalue weighted by Gasteiger charge is -2.59. The molecule has 1 unspecified atom stereocenters. The molecule has 6 atom stereocenters. The van der Waals surface area contributed by atoms with Gasteiger partial charge < -0.3 is 10.3 Å². The van der Waals surface area contributed by atoms with E-state index in [-0.39, 0.29) is 16.7 Å². The summed E-state index contributed by atoms with van der Waals surface area (Å²) in [6.45, 7) is 10.9. The highest BCUT2D eigenvalue weighted by atomic mass is 32.2. The zero-order valence-corrected chi connectivity index (χ0v) is 19.1. The van der Waals surface area contributed by atoms with E-state index in [1.165, 1.54) is 11.1 Å². The van der Waals surface area contributed by atoms with Crippen molar-refractivity contribution in [1.29, 1.82) is 0 Å². The van der Waals surface area contributed by atoms with Gasteiger partial charge in [0.25, 0.3) is 0 Å². The number of oxime groups is 1. The van der Waals surface area contributed by atoms with Crippen molar-refractivity contribution >= 4 is 21.4 Å². The molecular weight excluding hydrogens is 402 g/mol. The summed E-state index contributed by atoms with van der Waals surface area (Å²) in [4.78, 5) is 2.15. The average Bonchev–Trinajstić information content (AvgIpc) is 2.87. The third-order valence-corrected chi connectivity index (χ3v) is 9.15. The average molecular weight is 436 g/mol. The molecule has 0 saturated heterocycles. The first-order chi connectivity index (χ1) is 13.8. The van der Waals surface area contributed by atoms with Gasteiger partial charge in [0.15, 0.2) is 0 Å². The fourth-order valence-electron chi connectivity index (χ4n) is 7.13. The lowest BCUT2D eigenvalue weighted by atomic mass is 9.45. The molecule has 0 aromatic carbocycles. The molecule has 0 amide bonds. The van der Waals surface area contributed by atoms with Gasteiger partial charge in [-0.05, 0) is 62.9 Å². The van der Waals surface area contributed by atoms with E-state index in [9.17, 15) is 18.7 Å². The quantitative estimate of drug-likeness (QED) is 0.351. The second kappa shape index (κ2) is 6.66. The molecule has 3 N–H and O–H groups in total. The molecule has 8 heteroatoms. The Morgan fingerprint density at radius 2 is 1.93 bits per heavy atom. The van der Waals surface area contributed by atoms with E-state index in [0.717, 1.165) is 38.4 Å². The van der Waals surface area contributed by atoms with Crippen LogP contribution in [0.3, 0.4) is 0 Å². The van der Waals surface area contributed by atoms with Gasteiger partial charge in [0.05, 0.1) is 11.9 Å². The number of allylic oxidation sites excluding steroid dienone is 3. The topological polar surface area (TPSA) is 111 Å². The van der Waals surface area contributed by atoms with Gasteiger partial charge >= 0.3 is 0 Å². The molecule has 7 nitrogen and oxygen atoms in total. The number of nitrogens with one attached hydrogen (secondary N) is 1. The summed E-state index contributed by atoms with van der Waals surface area (Å²) in [7, 11) is -3.50. The number of sulfonamides is 1. The predicted octanol–water partition coefficient (Wildman–Crippen LogP) is 3.21. The molecule has 0 heterocycles. The number of fused-ring (bicyclic) bond motifs is 5. The molecule has 30 heavy (non-hydrogen) atoms. The second-order valence-corrected chi connectivity index (χ2v) is 12.2. The Balaban J connectivity index is 1.74. The van der Waals surface area contributed by atoms with Crippen LogP contribution in [-0.4, -0.2) is 42.0 Å². The van der Waals surface area contributed by atoms with Gasteiger partial charge in [0, 0.05) is 17.3 Å². The fraction of sp³-hybridized carbons (Fsp3) is 0.727. The molecular formula is C22H33N3O4S. The fourth-order valence-corrected chi connectivity index (χ4v) is 7.39. The summed E-state index contributed by atoms with van der Waals surface area (Å²) in [5, 5.41) is 28.2. The van der Waals surface area contributed by atoms with E-state index in [1.54, 1.807) is 0 Å². The Morgan fingerprint density at radius 1 is 1.23 bits per heavy atom. The zero-order valence-electron chi connectivity index (χ0n) is 18.3. The highest BCUT2D eigenvalue weighted by Gasteiger charge is 2.63. The molecule has 0 radical (unpaired) electrons. The van der Waals surface area contributed by atoms with E-state index in [4.69, 9.17) is 0 Å². The highest BCUT2D eigenvalue weighted by molar-refractivity contribution is 7.88. The van der Waals surface area contributed by atoms with Crippen molar-refractivity contribution in [3.8, 4) is 0 Å². The summed E-state index contributed by atoms with van der Waals surface area (Å²) in [5.41, 5.74) is 2.05. The van der Waals surface area contributed by atoms with Gasteiger partial charge in [-0.1, -0.05) is 36.7 Å². The van der Waals surface area contributed by atoms with Crippen molar-refractivity contribution in [2.45, 2.75) is 64.9 Å². The maximum Gasteiger partial charge on any atom is 0.244 e. The Hall–Kier alpha value is -1.67. The standard InChI is InChI=1S/C22H33N3O4S/c1-13-11-21(3)16(8-9-22(21,4)26)15-7-6-14-10-17(23-25-30(5,28)29)18(24-27)12-20(14,2)19(13)15/h10,15-16,19,25-27H,1,6-9,11-12H2,2-5H3/t15-,16-,19+,20-,21-,22?/m0/s1. The molecule has 0 aromatic heterocycles. The van der Waals surface area contributed by atoms with Crippen molar-refractivity contribution in [2.24, 2.45) is 38.8 Å². The van der Waals surface area contributed by atoms with Crippen LogP contribution in [0.4, 0.5) is 0 Å². The molecule has 166 valence electrons. The van der Waals surface area contributed by atoms with Gasteiger partial charge in [0.2, 0.25) is 10.0 Å². The molecule has 0 bridgehead atoms. The van der Waals surface area contributed by atoms with Crippen LogP contribution >= 0.6 is 0 Å². The molecule has 4 rings (SSSR count). The zero-order chi connectivity index (χ0) is 22.1. The van der Waals surface area contributed by atoms with Crippen molar-refractivity contribution in [1.82, 2.24) is 4.83 Å². The summed E-state index contributed by atoms with van der Waals surface area (Å²) >= 11 is 0. The molecule has 4 aliphatic carbocycles. The van der Waals surface area contributed by atoms with Crippen LogP contribution in [0.2, 0.25) is 0 Å². The maximum atomic E-state index is 11.5. The van der Waals surface area contributed by atoms with Crippen LogP contribution in [0.25, 0.3) is 0 Å². The molecule has 0 aromatic rings. The molecule has 3 fully saturated rings. The summed E-state index contributed by atoms with van der Waals surface area (Å²) in [6, 6.07) is 0. The Bertz CT molecular complexity index is 980. The molecule has 4 aliphatic rings. The van der Waals surface area contributed by atoms with Crippen molar-refractivity contribution < 1.29 is 18.7 Å². The van der Waals surface area contributed by atoms with Crippen LogP contribution in [0, 0.1) is 28.6 Å². The lowest BCUT2D eigenvalue weighted by molar-refractivity contribution is -0.0948. The minimum absolute atomic E-state index is 0.155. The van der Waals surface area contributed by atoms with E-state index in [2.05, 4.69) is 35.5 Å². The monoisotopic (exact) mass is 435 g/mol. The number of rotatable bonds is 2. The Morgan fingerprint density at radius 3 is 2.57 bits per heavy atom. The first-order valence-electron chi connectivity index (χ1n) is 10.7. The van der Waals surface area contributed by atoms with Crippen LogP contribution in [0.15, 0.2) is 34.1 Å². The van der Waals surface area contributed by atoms with E-state index >= 15 is 0 Å². The first kappa shape index (κ1) is 21.6. The third kappa shape index (κ3) is 3.06. The van der Waals surface area contributed by atoms with Gasteiger partial charge in [-0.3, -0.25) is 0 Å². The second-order valence-electron chi connectivity index (χ2n) is 10.5. The lowest BCUT2D eigenvalue weighted by Crippen LogP contribution is -2.55. The molecule has 0 spiro atoms. The van der Waals surface area contributed by atoms with Crippen LogP contribution in [0.5, 0.6) is 0 Å².